The summed E-state index contributed by atoms with van der Waals surface area (Å²) in [6.45, 7) is 1.38. The van der Waals surface area contributed by atoms with Crippen molar-refractivity contribution in [3.8, 4) is 0 Å². The fourth-order valence-electron chi connectivity index (χ4n) is 2.40. The van der Waals surface area contributed by atoms with Gasteiger partial charge in [-0.2, -0.15) is 0 Å². The Morgan fingerprint density at radius 3 is 3.00 bits per heavy atom. The molecular weight excluding hydrogens is 278 g/mol. The van der Waals surface area contributed by atoms with E-state index in [1.54, 1.807) is 24.8 Å². The van der Waals surface area contributed by atoms with Gasteiger partial charge >= 0.3 is 0 Å². The van der Waals surface area contributed by atoms with Crippen LogP contribution in [-0.4, -0.2) is 27.0 Å². The zero-order valence-electron chi connectivity index (χ0n) is 12.1. The molecule has 0 fully saturated rings. The minimum Gasteiger partial charge on any atom is -0.398 e. The monoisotopic (exact) mass is 295 g/mol. The molecule has 0 radical (unpaired) electrons. The first-order chi connectivity index (χ1) is 10.8. The minimum atomic E-state index is -0.200. The Morgan fingerprint density at radius 1 is 1.27 bits per heavy atom. The molecule has 2 aromatic heterocycles. The second-order valence-electron chi connectivity index (χ2n) is 5.01. The summed E-state index contributed by atoms with van der Waals surface area (Å²) < 4.78 is 1.97. The summed E-state index contributed by atoms with van der Waals surface area (Å²) in [6, 6.07) is 7.41. The molecule has 1 aromatic carbocycles. The largest absolute Gasteiger partial charge is 0.398 e. The molecular formula is C16H17N5O. The van der Waals surface area contributed by atoms with E-state index in [1.807, 2.05) is 29.0 Å². The second kappa shape index (κ2) is 6.26. The van der Waals surface area contributed by atoms with Crippen LogP contribution in [-0.2, 0) is 6.54 Å². The molecule has 0 spiro atoms. The highest BCUT2D eigenvalue weighted by Crippen LogP contribution is 2.23. The molecule has 0 bridgehead atoms. The van der Waals surface area contributed by atoms with Crippen LogP contribution in [0.25, 0.3) is 10.8 Å². The van der Waals surface area contributed by atoms with Crippen molar-refractivity contribution in [2.24, 2.45) is 0 Å². The second-order valence-corrected chi connectivity index (χ2v) is 5.01. The van der Waals surface area contributed by atoms with Crippen LogP contribution in [0.15, 0.2) is 49.2 Å². The Bertz CT molecular complexity index is 777. The Hall–Kier alpha value is -2.89. The Morgan fingerprint density at radius 2 is 2.18 bits per heavy atom. The molecule has 0 unspecified atom stereocenters. The molecule has 0 aliphatic heterocycles. The number of carbonyl (C=O) groups excluding carboxylic acids is 1. The molecule has 0 saturated carbocycles. The lowest BCUT2D eigenvalue weighted by Gasteiger charge is -2.09. The molecule has 6 heteroatoms. The van der Waals surface area contributed by atoms with Gasteiger partial charge in [0.05, 0.1) is 6.33 Å². The van der Waals surface area contributed by atoms with Gasteiger partial charge in [-0.15, -0.1) is 0 Å². The highest BCUT2D eigenvalue weighted by Gasteiger charge is 2.13. The summed E-state index contributed by atoms with van der Waals surface area (Å²) in [5.74, 6) is -0.200. The third-order valence-corrected chi connectivity index (χ3v) is 3.48. The molecule has 0 aliphatic rings. The van der Waals surface area contributed by atoms with E-state index in [-0.39, 0.29) is 5.91 Å². The molecule has 22 heavy (non-hydrogen) atoms. The molecule has 3 aromatic rings. The lowest BCUT2D eigenvalue weighted by Crippen LogP contribution is -2.26. The maximum atomic E-state index is 12.3. The average molecular weight is 295 g/mol. The molecule has 3 N–H and O–H groups in total. The first-order valence-corrected chi connectivity index (χ1v) is 7.13. The molecule has 0 saturated heterocycles. The lowest BCUT2D eigenvalue weighted by atomic mass is 10.1. The van der Waals surface area contributed by atoms with E-state index in [9.17, 15) is 4.79 Å². The number of aryl methyl sites for hydroxylation is 1. The van der Waals surface area contributed by atoms with Gasteiger partial charge in [0.2, 0.25) is 0 Å². The van der Waals surface area contributed by atoms with Crippen molar-refractivity contribution in [3.63, 3.8) is 0 Å². The van der Waals surface area contributed by atoms with Crippen molar-refractivity contribution in [3.05, 3.63) is 54.9 Å². The number of carbonyl (C=O) groups is 1. The normalized spacial score (nSPS) is 10.7. The van der Waals surface area contributed by atoms with E-state index in [2.05, 4.69) is 15.3 Å². The number of nitrogens with one attached hydrogen (secondary N) is 1. The van der Waals surface area contributed by atoms with Gasteiger partial charge in [0.25, 0.3) is 5.91 Å². The van der Waals surface area contributed by atoms with Gasteiger partial charge in [-0.25, -0.2) is 4.98 Å². The molecule has 1 amide bonds. The summed E-state index contributed by atoms with van der Waals surface area (Å²) in [5.41, 5.74) is 6.92. The molecule has 6 nitrogen and oxygen atoms in total. The van der Waals surface area contributed by atoms with Gasteiger partial charge in [0.15, 0.2) is 0 Å². The van der Waals surface area contributed by atoms with Gasteiger partial charge < -0.3 is 15.6 Å². The number of hydrogen-bond donors (Lipinski definition) is 2. The third-order valence-electron chi connectivity index (χ3n) is 3.48. The average Bonchev–Trinajstić information content (AvgIpc) is 3.04. The Labute approximate surface area is 128 Å². The number of rotatable bonds is 5. The van der Waals surface area contributed by atoms with Gasteiger partial charge in [-0.3, -0.25) is 9.78 Å². The van der Waals surface area contributed by atoms with Crippen molar-refractivity contribution < 1.29 is 4.79 Å². The zero-order valence-corrected chi connectivity index (χ0v) is 12.1. The number of nitrogens with two attached hydrogens (primary N) is 1. The van der Waals surface area contributed by atoms with Crippen LogP contribution in [0, 0.1) is 0 Å². The number of fused-ring (bicyclic) bond motifs is 1. The third kappa shape index (κ3) is 2.90. The smallest absolute Gasteiger partial charge is 0.270 e. The maximum absolute atomic E-state index is 12.3. The highest BCUT2D eigenvalue weighted by molar-refractivity contribution is 6.09. The predicted molar refractivity (Wildman–Crippen MR) is 85.3 cm³/mol. The predicted octanol–water partition coefficient (Wildman–Crippen LogP) is 1.83. The van der Waals surface area contributed by atoms with Crippen LogP contribution in [0.4, 0.5) is 5.69 Å². The van der Waals surface area contributed by atoms with Crippen molar-refractivity contribution in [1.29, 1.82) is 0 Å². The zero-order chi connectivity index (χ0) is 15.4. The number of aromatic nitrogens is 3. The van der Waals surface area contributed by atoms with E-state index < -0.39 is 0 Å². The number of hydrogen-bond acceptors (Lipinski definition) is 4. The Balaban J connectivity index is 1.67. The molecule has 2 heterocycles. The first kappa shape index (κ1) is 14.1. The number of amides is 1. The summed E-state index contributed by atoms with van der Waals surface area (Å²) >= 11 is 0. The van der Waals surface area contributed by atoms with Gasteiger partial charge in [0.1, 0.15) is 5.69 Å². The van der Waals surface area contributed by atoms with E-state index >= 15 is 0 Å². The van der Waals surface area contributed by atoms with Crippen LogP contribution in [0.1, 0.15) is 16.9 Å². The van der Waals surface area contributed by atoms with E-state index in [0.717, 1.165) is 18.4 Å². The SMILES string of the molecule is Nc1cccc2ccnc(C(=O)NCCCn3ccnc3)c12. The van der Waals surface area contributed by atoms with Crippen LogP contribution in [0.2, 0.25) is 0 Å². The van der Waals surface area contributed by atoms with Crippen molar-refractivity contribution in [1.82, 2.24) is 19.9 Å². The number of nitrogen functional groups attached to an aromatic ring is 1. The fourth-order valence-corrected chi connectivity index (χ4v) is 2.40. The topological polar surface area (TPSA) is 85.8 Å². The van der Waals surface area contributed by atoms with E-state index in [4.69, 9.17) is 5.73 Å². The first-order valence-electron chi connectivity index (χ1n) is 7.13. The number of imidazole rings is 1. The van der Waals surface area contributed by atoms with Crippen LogP contribution >= 0.6 is 0 Å². The number of benzene rings is 1. The van der Waals surface area contributed by atoms with Crippen LogP contribution in [0.5, 0.6) is 0 Å². The molecule has 0 aliphatic carbocycles. The Kier molecular flexibility index (Phi) is 4.00. The van der Waals surface area contributed by atoms with Crippen LogP contribution < -0.4 is 11.1 Å². The standard InChI is InChI=1S/C16H17N5O/c17-13-4-1-3-12-5-7-19-15(14(12)13)16(22)20-6-2-9-21-10-8-18-11-21/h1,3-5,7-8,10-11H,2,6,9,17H2,(H,20,22). The highest BCUT2D eigenvalue weighted by atomic mass is 16.1. The van der Waals surface area contributed by atoms with Gasteiger partial charge in [-0.05, 0) is 23.9 Å². The molecule has 0 atom stereocenters. The van der Waals surface area contributed by atoms with Crippen molar-refractivity contribution in [2.45, 2.75) is 13.0 Å². The van der Waals surface area contributed by atoms with Crippen LogP contribution in [0.3, 0.4) is 0 Å². The molecule has 112 valence electrons. The number of pyridine rings is 1. The molecule has 3 rings (SSSR count). The number of anilines is 1. The summed E-state index contributed by atoms with van der Waals surface area (Å²) in [7, 11) is 0. The summed E-state index contributed by atoms with van der Waals surface area (Å²) in [6.07, 6.45) is 7.84. The van der Waals surface area contributed by atoms with Crippen molar-refractivity contribution in [2.75, 3.05) is 12.3 Å². The summed E-state index contributed by atoms with van der Waals surface area (Å²) in [4.78, 5) is 20.5. The van der Waals surface area contributed by atoms with E-state index in [0.29, 0.717) is 23.3 Å². The fraction of sp³-hybridized carbons (Fsp3) is 0.188. The number of nitrogens with zero attached hydrogens (tertiary/aromatic N) is 3. The van der Waals surface area contributed by atoms with Crippen molar-refractivity contribution >= 4 is 22.4 Å². The van der Waals surface area contributed by atoms with Gasteiger partial charge in [-0.1, -0.05) is 12.1 Å². The van der Waals surface area contributed by atoms with E-state index in [1.165, 1.54) is 0 Å². The quantitative estimate of drug-likeness (QED) is 0.555. The summed E-state index contributed by atoms with van der Waals surface area (Å²) in [5, 5.41) is 4.51. The minimum absolute atomic E-state index is 0.200. The lowest BCUT2D eigenvalue weighted by molar-refractivity contribution is 0.0949. The maximum Gasteiger partial charge on any atom is 0.270 e. The van der Waals surface area contributed by atoms with Gasteiger partial charge in [0, 0.05) is 42.8 Å².